The van der Waals surface area contributed by atoms with Gasteiger partial charge in [0.25, 0.3) is 5.56 Å². The van der Waals surface area contributed by atoms with Crippen molar-refractivity contribution in [3.8, 4) is 11.9 Å². The molecule has 1 aliphatic rings. The molecule has 0 aromatic carbocycles. The van der Waals surface area contributed by atoms with Crippen LogP contribution in [0.15, 0.2) is 41.5 Å². The fourth-order valence-electron chi connectivity index (χ4n) is 2.37. The van der Waals surface area contributed by atoms with Crippen molar-refractivity contribution >= 4 is 12.6 Å². The lowest BCUT2D eigenvalue weighted by Crippen LogP contribution is -2.48. The Morgan fingerprint density at radius 1 is 1.30 bits per heavy atom. The fraction of sp³-hybridized carbons (Fsp3) is 0.312. The van der Waals surface area contributed by atoms with Crippen molar-refractivity contribution in [3.63, 3.8) is 0 Å². The molecule has 0 spiro atoms. The summed E-state index contributed by atoms with van der Waals surface area (Å²) in [4.78, 5) is 16.3. The summed E-state index contributed by atoms with van der Waals surface area (Å²) < 4.78 is 12.8. The second-order valence-electron chi connectivity index (χ2n) is 6.28. The monoisotopic (exact) mass is 309 g/mol. The Morgan fingerprint density at radius 3 is 2.74 bits per heavy atom. The SMILES string of the molecule is CC1(C)COB(c2ccc(=O)n(-c3ncccc3C#N)c2)OC1. The first-order chi connectivity index (χ1) is 11.0. The van der Waals surface area contributed by atoms with Gasteiger partial charge in [-0.2, -0.15) is 5.26 Å². The van der Waals surface area contributed by atoms with Gasteiger partial charge in [-0.3, -0.25) is 9.36 Å². The van der Waals surface area contributed by atoms with Crippen LogP contribution >= 0.6 is 0 Å². The van der Waals surface area contributed by atoms with Crippen LogP contribution in [0, 0.1) is 16.7 Å². The number of nitrogens with zero attached hydrogens (tertiary/aromatic N) is 3. The zero-order valence-electron chi connectivity index (χ0n) is 13.0. The van der Waals surface area contributed by atoms with E-state index in [4.69, 9.17) is 9.31 Å². The lowest BCUT2D eigenvalue weighted by atomic mass is 9.77. The lowest BCUT2D eigenvalue weighted by molar-refractivity contribution is 0.0342. The topological polar surface area (TPSA) is 77.1 Å². The Bertz CT molecular complexity index is 816. The second-order valence-corrected chi connectivity index (χ2v) is 6.28. The van der Waals surface area contributed by atoms with Gasteiger partial charge in [-0.25, -0.2) is 4.98 Å². The van der Waals surface area contributed by atoms with E-state index < -0.39 is 7.12 Å². The van der Waals surface area contributed by atoms with Crippen LogP contribution in [0.1, 0.15) is 19.4 Å². The predicted octanol–water partition coefficient (Wildman–Crippen LogP) is 0.872. The molecule has 7 heteroatoms. The van der Waals surface area contributed by atoms with Gasteiger partial charge in [-0.15, -0.1) is 0 Å². The smallest absolute Gasteiger partial charge is 0.407 e. The molecule has 116 valence electrons. The third-order valence-electron chi connectivity index (χ3n) is 3.59. The number of hydrogen-bond acceptors (Lipinski definition) is 5. The molecular formula is C16H16BN3O3. The van der Waals surface area contributed by atoms with Crippen LogP contribution in [0.2, 0.25) is 0 Å². The van der Waals surface area contributed by atoms with Crippen molar-refractivity contribution in [2.45, 2.75) is 13.8 Å². The van der Waals surface area contributed by atoms with E-state index in [1.165, 1.54) is 10.6 Å². The van der Waals surface area contributed by atoms with Crippen LogP contribution in [0.3, 0.4) is 0 Å². The zero-order valence-corrected chi connectivity index (χ0v) is 13.0. The van der Waals surface area contributed by atoms with E-state index in [2.05, 4.69) is 18.8 Å². The van der Waals surface area contributed by atoms with Gasteiger partial charge in [-0.05, 0) is 17.6 Å². The Hall–Kier alpha value is -2.43. The van der Waals surface area contributed by atoms with E-state index in [9.17, 15) is 10.1 Å². The van der Waals surface area contributed by atoms with Crippen LogP contribution < -0.4 is 11.0 Å². The van der Waals surface area contributed by atoms with Gasteiger partial charge in [0.05, 0.1) is 5.56 Å². The first-order valence-electron chi connectivity index (χ1n) is 7.31. The minimum absolute atomic E-state index is 0.0279. The van der Waals surface area contributed by atoms with Crippen LogP contribution in [-0.4, -0.2) is 29.9 Å². The molecule has 0 aliphatic carbocycles. The molecule has 0 radical (unpaired) electrons. The van der Waals surface area contributed by atoms with Crippen molar-refractivity contribution in [1.82, 2.24) is 9.55 Å². The van der Waals surface area contributed by atoms with Gasteiger partial charge in [0.15, 0.2) is 5.82 Å². The van der Waals surface area contributed by atoms with Gasteiger partial charge < -0.3 is 9.31 Å². The summed E-state index contributed by atoms with van der Waals surface area (Å²) in [6.45, 7) is 5.28. The molecule has 0 atom stereocenters. The van der Waals surface area contributed by atoms with E-state index in [1.54, 1.807) is 30.6 Å². The number of rotatable bonds is 2. The van der Waals surface area contributed by atoms with E-state index in [0.29, 0.717) is 24.6 Å². The first-order valence-corrected chi connectivity index (χ1v) is 7.31. The minimum Gasteiger partial charge on any atom is -0.407 e. The van der Waals surface area contributed by atoms with Gasteiger partial charge in [0.2, 0.25) is 0 Å². The Labute approximate surface area is 134 Å². The third kappa shape index (κ3) is 3.18. The highest BCUT2D eigenvalue weighted by Crippen LogP contribution is 2.21. The molecule has 2 aromatic rings. The first kappa shape index (κ1) is 15.5. The van der Waals surface area contributed by atoms with E-state index in [1.807, 2.05) is 6.07 Å². The molecule has 0 N–H and O–H groups in total. The highest BCUT2D eigenvalue weighted by molar-refractivity contribution is 6.61. The summed E-state index contributed by atoms with van der Waals surface area (Å²) in [5, 5.41) is 9.19. The van der Waals surface area contributed by atoms with Crippen LogP contribution in [0.25, 0.3) is 5.82 Å². The van der Waals surface area contributed by atoms with E-state index in [0.717, 1.165) is 5.46 Å². The highest BCUT2D eigenvalue weighted by atomic mass is 16.6. The number of pyridine rings is 2. The molecule has 1 saturated heterocycles. The Balaban J connectivity index is 1.98. The molecule has 0 unspecified atom stereocenters. The summed E-state index contributed by atoms with van der Waals surface area (Å²) in [6, 6.07) is 8.43. The standard InChI is InChI=1S/C16H16BN3O3/c1-16(2)10-22-17(23-11-16)13-5-6-14(21)20(9-13)15-12(8-18)4-3-7-19-15/h3-7,9H,10-11H2,1-2H3. The maximum atomic E-state index is 12.2. The predicted molar refractivity (Wildman–Crippen MR) is 85.6 cm³/mol. The number of hydrogen-bond donors (Lipinski definition) is 0. The Kier molecular flexibility index (Phi) is 4.03. The number of nitriles is 1. The Morgan fingerprint density at radius 2 is 2.04 bits per heavy atom. The average molecular weight is 309 g/mol. The van der Waals surface area contributed by atoms with Gasteiger partial charge >= 0.3 is 7.12 Å². The van der Waals surface area contributed by atoms with E-state index >= 15 is 0 Å². The van der Waals surface area contributed by atoms with Crippen LogP contribution in [-0.2, 0) is 9.31 Å². The largest absolute Gasteiger partial charge is 0.495 e. The third-order valence-corrected chi connectivity index (χ3v) is 3.59. The molecule has 6 nitrogen and oxygen atoms in total. The molecule has 3 heterocycles. The highest BCUT2D eigenvalue weighted by Gasteiger charge is 2.33. The molecular weight excluding hydrogens is 293 g/mol. The van der Waals surface area contributed by atoms with Gasteiger partial charge in [-0.1, -0.05) is 19.9 Å². The average Bonchev–Trinajstić information content (AvgIpc) is 2.55. The summed E-state index contributed by atoms with van der Waals surface area (Å²) in [5.41, 5.74) is 0.757. The summed E-state index contributed by atoms with van der Waals surface area (Å²) in [7, 11) is -0.524. The fourth-order valence-corrected chi connectivity index (χ4v) is 2.37. The van der Waals surface area contributed by atoms with Crippen molar-refractivity contribution < 1.29 is 9.31 Å². The molecule has 1 fully saturated rings. The number of aromatic nitrogens is 2. The second kappa shape index (κ2) is 5.99. The molecule has 2 aromatic heterocycles. The minimum atomic E-state index is -0.524. The lowest BCUT2D eigenvalue weighted by Gasteiger charge is -2.33. The van der Waals surface area contributed by atoms with Crippen molar-refractivity contribution in [1.29, 1.82) is 5.26 Å². The summed E-state index contributed by atoms with van der Waals surface area (Å²) in [6.07, 6.45) is 3.17. The zero-order chi connectivity index (χ0) is 16.4. The van der Waals surface area contributed by atoms with Crippen LogP contribution in [0.5, 0.6) is 0 Å². The van der Waals surface area contributed by atoms with Crippen molar-refractivity contribution in [2.24, 2.45) is 5.41 Å². The molecule has 1 aliphatic heterocycles. The molecule has 0 bridgehead atoms. The molecule has 0 saturated carbocycles. The molecule has 0 amide bonds. The van der Waals surface area contributed by atoms with Gasteiger partial charge in [0, 0.05) is 37.1 Å². The van der Waals surface area contributed by atoms with Gasteiger partial charge in [0.1, 0.15) is 6.07 Å². The van der Waals surface area contributed by atoms with Crippen molar-refractivity contribution in [3.05, 3.63) is 52.6 Å². The van der Waals surface area contributed by atoms with E-state index in [-0.39, 0.29) is 11.0 Å². The quantitative estimate of drug-likeness (QED) is 0.769. The van der Waals surface area contributed by atoms with Crippen molar-refractivity contribution in [2.75, 3.05) is 13.2 Å². The normalized spacial score (nSPS) is 16.8. The summed E-state index contributed by atoms with van der Waals surface area (Å²) >= 11 is 0. The van der Waals surface area contributed by atoms with Crippen LogP contribution in [0.4, 0.5) is 0 Å². The maximum Gasteiger partial charge on any atom is 0.495 e. The molecule has 3 rings (SSSR count). The summed E-state index contributed by atoms with van der Waals surface area (Å²) in [5.74, 6) is 0.304. The molecule has 23 heavy (non-hydrogen) atoms. The maximum absolute atomic E-state index is 12.2.